The van der Waals surface area contributed by atoms with Crippen molar-refractivity contribution < 1.29 is 14.3 Å². The second kappa shape index (κ2) is 4.22. The van der Waals surface area contributed by atoms with Gasteiger partial charge in [-0.25, -0.2) is 4.79 Å². The Morgan fingerprint density at radius 2 is 1.94 bits per heavy atom. The molecule has 1 atom stereocenters. The molecule has 0 aliphatic carbocycles. The predicted octanol–water partition coefficient (Wildman–Crippen LogP) is 0.618. The van der Waals surface area contributed by atoms with E-state index in [2.05, 4.69) is 10.6 Å². The highest BCUT2D eigenvalue weighted by atomic mass is 16.5. The Kier molecular flexibility index (Phi) is 2.76. The average Bonchev–Trinajstić information content (AvgIpc) is 2.29. The molecule has 0 saturated carbocycles. The van der Waals surface area contributed by atoms with Crippen LogP contribution in [0.3, 0.4) is 0 Å². The lowest BCUT2D eigenvalue weighted by Crippen LogP contribution is -2.50. The number of methoxy groups -OCH3 is 1. The van der Waals surface area contributed by atoms with Crippen molar-refractivity contribution in [2.75, 3.05) is 13.7 Å². The van der Waals surface area contributed by atoms with Crippen LogP contribution in [0.5, 0.6) is 5.75 Å². The smallest absolute Gasteiger partial charge is 0.321 e. The van der Waals surface area contributed by atoms with Gasteiger partial charge in [0.2, 0.25) is 5.91 Å². The first-order chi connectivity index (χ1) is 7.70. The summed E-state index contributed by atoms with van der Waals surface area (Å²) in [5.41, 5.74) is 0.860. The third-order valence-corrected chi connectivity index (χ3v) is 2.54. The molecule has 1 fully saturated rings. The number of nitrogens with one attached hydrogen (secondary N) is 2. The van der Waals surface area contributed by atoms with Crippen LogP contribution >= 0.6 is 0 Å². The van der Waals surface area contributed by atoms with Crippen molar-refractivity contribution in [1.82, 2.24) is 10.6 Å². The van der Waals surface area contributed by atoms with Crippen molar-refractivity contribution in [2.45, 2.75) is 5.92 Å². The molecule has 3 amide bonds. The Morgan fingerprint density at radius 3 is 2.50 bits per heavy atom. The van der Waals surface area contributed by atoms with Crippen molar-refractivity contribution in [3.8, 4) is 5.75 Å². The summed E-state index contributed by atoms with van der Waals surface area (Å²) >= 11 is 0. The molecule has 2 rings (SSSR count). The van der Waals surface area contributed by atoms with Gasteiger partial charge < -0.3 is 10.1 Å². The summed E-state index contributed by atoms with van der Waals surface area (Å²) in [5, 5.41) is 4.82. The Hall–Kier alpha value is -2.04. The molecule has 5 heteroatoms. The van der Waals surface area contributed by atoms with Gasteiger partial charge in [0.25, 0.3) is 0 Å². The molecular weight excluding hydrogens is 208 g/mol. The summed E-state index contributed by atoms with van der Waals surface area (Å²) in [7, 11) is 1.59. The topological polar surface area (TPSA) is 67.4 Å². The molecule has 1 heterocycles. The molecule has 84 valence electrons. The number of hydrogen-bond donors (Lipinski definition) is 2. The standard InChI is InChI=1S/C11H12N2O3/c1-16-8-4-2-7(3-5-8)9-6-12-11(15)13-10(9)14/h2-5,9H,6H2,1H3,(H2,12,13,14,15). The van der Waals surface area contributed by atoms with Crippen LogP contribution in [-0.2, 0) is 4.79 Å². The summed E-state index contributed by atoms with van der Waals surface area (Å²) in [5.74, 6) is 0.140. The number of ether oxygens (including phenoxy) is 1. The Labute approximate surface area is 92.8 Å². The van der Waals surface area contributed by atoms with Gasteiger partial charge in [-0.05, 0) is 17.7 Å². The van der Waals surface area contributed by atoms with Crippen LogP contribution in [-0.4, -0.2) is 25.6 Å². The number of rotatable bonds is 2. The number of hydrogen-bond acceptors (Lipinski definition) is 3. The second-order valence-corrected chi connectivity index (χ2v) is 3.53. The van der Waals surface area contributed by atoms with Crippen LogP contribution in [0.1, 0.15) is 11.5 Å². The van der Waals surface area contributed by atoms with Gasteiger partial charge in [-0.1, -0.05) is 12.1 Å². The summed E-state index contributed by atoms with van der Waals surface area (Å²) in [6.45, 7) is 0.330. The van der Waals surface area contributed by atoms with Crippen LogP contribution < -0.4 is 15.4 Å². The molecule has 0 radical (unpaired) electrons. The van der Waals surface area contributed by atoms with E-state index in [1.807, 2.05) is 12.1 Å². The number of benzene rings is 1. The van der Waals surface area contributed by atoms with E-state index < -0.39 is 6.03 Å². The minimum Gasteiger partial charge on any atom is -0.497 e. The van der Waals surface area contributed by atoms with E-state index >= 15 is 0 Å². The first-order valence-electron chi connectivity index (χ1n) is 4.93. The fourth-order valence-corrected chi connectivity index (χ4v) is 1.64. The van der Waals surface area contributed by atoms with Gasteiger partial charge in [0, 0.05) is 6.54 Å². The molecule has 1 saturated heterocycles. The molecule has 1 aliphatic rings. The summed E-state index contributed by atoms with van der Waals surface area (Å²) in [4.78, 5) is 22.4. The Balaban J connectivity index is 2.17. The normalized spacial score (nSPS) is 19.9. The molecule has 1 aliphatic heterocycles. The first kappa shape index (κ1) is 10.5. The van der Waals surface area contributed by atoms with Gasteiger partial charge in [-0.3, -0.25) is 10.1 Å². The van der Waals surface area contributed by atoms with Crippen molar-refractivity contribution in [3.05, 3.63) is 29.8 Å². The minimum atomic E-state index is -0.435. The SMILES string of the molecule is COc1ccc(C2CNC(=O)NC2=O)cc1. The molecular formula is C11H12N2O3. The molecule has 1 aromatic carbocycles. The number of amides is 3. The monoisotopic (exact) mass is 220 g/mol. The molecule has 16 heavy (non-hydrogen) atoms. The van der Waals surface area contributed by atoms with E-state index in [-0.39, 0.29) is 11.8 Å². The van der Waals surface area contributed by atoms with Crippen LogP contribution in [0.4, 0.5) is 4.79 Å². The van der Waals surface area contributed by atoms with Crippen molar-refractivity contribution in [3.63, 3.8) is 0 Å². The third-order valence-electron chi connectivity index (χ3n) is 2.54. The second-order valence-electron chi connectivity index (χ2n) is 3.53. The van der Waals surface area contributed by atoms with Gasteiger partial charge in [0.15, 0.2) is 0 Å². The fraction of sp³-hybridized carbons (Fsp3) is 0.273. The van der Waals surface area contributed by atoms with Crippen LogP contribution in [0.15, 0.2) is 24.3 Å². The maximum absolute atomic E-state index is 11.6. The highest BCUT2D eigenvalue weighted by molar-refractivity contribution is 6.00. The van der Waals surface area contributed by atoms with Gasteiger partial charge in [0.05, 0.1) is 13.0 Å². The number of urea groups is 1. The highest BCUT2D eigenvalue weighted by Gasteiger charge is 2.27. The summed E-state index contributed by atoms with van der Waals surface area (Å²) < 4.78 is 5.03. The fourth-order valence-electron chi connectivity index (χ4n) is 1.64. The van der Waals surface area contributed by atoms with Crippen LogP contribution in [0, 0.1) is 0 Å². The predicted molar refractivity (Wildman–Crippen MR) is 57.3 cm³/mol. The van der Waals surface area contributed by atoms with Gasteiger partial charge in [-0.2, -0.15) is 0 Å². The molecule has 0 aromatic heterocycles. The Morgan fingerprint density at radius 1 is 1.25 bits per heavy atom. The van der Waals surface area contributed by atoms with E-state index in [1.165, 1.54) is 0 Å². The highest BCUT2D eigenvalue weighted by Crippen LogP contribution is 2.20. The largest absolute Gasteiger partial charge is 0.497 e. The number of carbonyl (C=O) groups is 2. The first-order valence-corrected chi connectivity index (χ1v) is 4.93. The third kappa shape index (κ3) is 1.98. The van der Waals surface area contributed by atoms with Gasteiger partial charge in [-0.15, -0.1) is 0 Å². The molecule has 1 unspecified atom stereocenters. The molecule has 2 N–H and O–H groups in total. The van der Waals surface area contributed by atoms with E-state index in [0.29, 0.717) is 6.54 Å². The van der Waals surface area contributed by atoms with E-state index in [0.717, 1.165) is 11.3 Å². The minimum absolute atomic E-state index is 0.270. The molecule has 1 aromatic rings. The molecule has 0 spiro atoms. The lowest BCUT2D eigenvalue weighted by molar-refractivity contribution is -0.122. The zero-order valence-electron chi connectivity index (χ0n) is 8.82. The van der Waals surface area contributed by atoms with Crippen molar-refractivity contribution in [1.29, 1.82) is 0 Å². The Bertz CT molecular complexity index is 414. The maximum Gasteiger partial charge on any atom is 0.321 e. The average molecular weight is 220 g/mol. The van der Waals surface area contributed by atoms with Gasteiger partial charge >= 0.3 is 6.03 Å². The van der Waals surface area contributed by atoms with Crippen LogP contribution in [0.2, 0.25) is 0 Å². The number of carbonyl (C=O) groups excluding carboxylic acids is 2. The zero-order valence-corrected chi connectivity index (χ0v) is 8.82. The number of imide groups is 1. The maximum atomic E-state index is 11.6. The molecule has 0 bridgehead atoms. The van der Waals surface area contributed by atoms with Crippen molar-refractivity contribution in [2.24, 2.45) is 0 Å². The quantitative estimate of drug-likeness (QED) is 0.767. The lowest BCUT2D eigenvalue weighted by atomic mass is 9.97. The van der Waals surface area contributed by atoms with Gasteiger partial charge in [0.1, 0.15) is 5.75 Å². The summed E-state index contributed by atoms with van der Waals surface area (Å²) in [6, 6.07) is 6.79. The van der Waals surface area contributed by atoms with E-state index in [1.54, 1.807) is 19.2 Å². The van der Waals surface area contributed by atoms with E-state index in [4.69, 9.17) is 4.74 Å². The van der Waals surface area contributed by atoms with Crippen molar-refractivity contribution >= 4 is 11.9 Å². The lowest BCUT2D eigenvalue weighted by Gasteiger charge is -2.22. The zero-order chi connectivity index (χ0) is 11.5. The van der Waals surface area contributed by atoms with E-state index in [9.17, 15) is 9.59 Å². The summed E-state index contributed by atoms with van der Waals surface area (Å²) in [6.07, 6.45) is 0. The molecule has 5 nitrogen and oxygen atoms in total. The van der Waals surface area contributed by atoms with Crippen LogP contribution in [0.25, 0.3) is 0 Å².